The van der Waals surface area contributed by atoms with Gasteiger partial charge >= 0.3 is 0 Å². The van der Waals surface area contributed by atoms with E-state index in [9.17, 15) is 0 Å². The van der Waals surface area contributed by atoms with Crippen molar-refractivity contribution in [2.75, 3.05) is 0 Å². The molecule has 4 aromatic heterocycles. The summed E-state index contributed by atoms with van der Waals surface area (Å²) in [6.07, 6.45) is 4.44. The second-order valence-corrected chi connectivity index (χ2v) is 25.3. The fraction of sp³-hybridized carbons (Fsp3) is 0.229. The highest BCUT2D eigenvalue weighted by atomic mass is 14.8. The highest BCUT2D eigenvalue weighted by Crippen LogP contribution is 2.48. The van der Waals surface area contributed by atoms with E-state index < -0.39 is 0 Å². The summed E-state index contributed by atoms with van der Waals surface area (Å²) in [7, 11) is 0. The first kappa shape index (κ1) is 46.0. The zero-order valence-electron chi connectivity index (χ0n) is 44.9. The molecule has 1 aliphatic rings. The van der Waals surface area contributed by atoms with Gasteiger partial charge in [0.15, 0.2) is 0 Å². The van der Waals surface area contributed by atoms with E-state index in [1.165, 1.54) is 65.3 Å². The van der Waals surface area contributed by atoms with Crippen LogP contribution in [0.5, 0.6) is 0 Å². The summed E-state index contributed by atoms with van der Waals surface area (Å²) in [5, 5.41) is 12.3. The fourth-order valence-electron chi connectivity index (χ4n) is 11.8. The minimum absolute atomic E-state index is 0.0829. The molecule has 2 N–H and O–H groups in total. The number of nitrogens with zero attached hydrogens (tertiary/aromatic N) is 2. The number of aromatic amines is 2. The van der Waals surface area contributed by atoms with E-state index in [4.69, 9.17) is 9.97 Å². The molecule has 5 heterocycles. The Kier molecular flexibility index (Phi) is 9.85. The molecule has 74 heavy (non-hydrogen) atoms. The molecule has 0 unspecified atom stereocenters. The monoisotopic (exact) mass is 961 g/mol. The molecule has 0 amide bonds. The molecule has 8 bridgehead atoms. The lowest BCUT2D eigenvalue weighted by molar-refractivity contribution is 0.568. The third-order valence-corrected chi connectivity index (χ3v) is 16.0. The number of H-pyrrole nitrogens is 2. The van der Waals surface area contributed by atoms with Gasteiger partial charge in [-0.15, -0.1) is 0 Å². The van der Waals surface area contributed by atoms with Gasteiger partial charge in [0.25, 0.3) is 0 Å². The molecule has 4 nitrogen and oxygen atoms in total. The lowest BCUT2D eigenvalue weighted by Gasteiger charge is -2.26. The maximum Gasteiger partial charge on any atom is 0.0816 e. The topological polar surface area (TPSA) is 57.4 Å². The van der Waals surface area contributed by atoms with Gasteiger partial charge in [-0.25, -0.2) is 9.97 Å². The molecule has 0 saturated carbocycles. The fourth-order valence-corrected chi connectivity index (χ4v) is 11.8. The van der Waals surface area contributed by atoms with Crippen molar-refractivity contribution in [3.8, 4) is 33.4 Å². The molecule has 1 aliphatic heterocycles. The Balaban J connectivity index is 1.28. The molecule has 12 aromatic rings. The number of aromatic nitrogens is 4. The van der Waals surface area contributed by atoms with Crippen molar-refractivity contribution in [1.82, 2.24) is 19.9 Å². The average molecular weight is 961 g/mol. The van der Waals surface area contributed by atoms with Crippen molar-refractivity contribution in [2.24, 2.45) is 0 Å². The van der Waals surface area contributed by atoms with E-state index >= 15 is 0 Å². The Labute approximate surface area is 434 Å². The van der Waals surface area contributed by atoms with Crippen molar-refractivity contribution in [3.05, 3.63) is 179 Å². The lowest BCUT2D eigenvalue weighted by Crippen LogP contribution is -2.16. The third-order valence-electron chi connectivity index (χ3n) is 16.0. The summed E-state index contributed by atoms with van der Waals surface area (Å²) < 4.78 is 0. The van der Waals surface area contributed by atoms with Crippen LogP contribution >= 0.6 is 0 Å². The van der Waals surface area contributed by atoms with Crippen molar-refractivity contribution in [2.45, 2.75) is 105 Å². The summed E-state index contributed by atoms with van der Waals surface area (Å²) in [4.78, 5) is 19.8. The van der Waals surface area contributed by atoms with Gasteiger partial charge in [-0.3, -0.25) is 0 Å². The number of hydrogen-bond acceptors (Lipinski definition) is 2. The van der Waals surface area contributed by atoms with E-state index in [1.807, 2.05) is 0 Å². The highest BCUT2D eigenvalue weighted by Gasteiger charge is 2.27. The molecule has 0 aliphatic carbocycles. The first-order valence-electron chi connectivity index (χ1n) is 26.5. The molecule has 0 fully saturated rings. The number of benzene rings is 8. The molecule has 0 atom stereocenters. The van der Waals surface area contributed by atoms with Gasteiger partial charge in [-0.1, -0.05) is 192 Å². The van der Waals surface area contributed by atoms with Gasteiger partial charge in [-0.05, 0) is 152 Å². The van der Waals surface area contributed by atoms with Crippen molar-refractivity contribution in [1.29, 1.82) is 0 Å². The first-order valence-corrected chi connectivity index (χ1v) is 26.5. The maximum atomic E-state index is 5.96. The van der Waals surface area contributed by atoms with Gasteiger partial charge in [0, 0.05) is 49.5 Å². The lowest BCUT2D eigenvalue weighted by atomic mass is 9.79. The maximum absolute atomic E-state index is 5.96. The predicted octanol–water partition coefficient (Wildman–Crippen LogP) is 19.6. The molecule has 4 heteroatoms. The van der Waals surface area contributed by atoms with E-state index in [0.717, 1.165) is 88.6 Å². The van der Waals surface area contributed by atoms with Gasteiger partial charge in [-0.2, -0.15) is 0 Å². The summed E-state index contributed by atoms with van der Waals surface area (Å²) >= 11 is 0. The Morgan fingerprint density at radius 2 is 0.811 bits per heavy atom. The Bertz CT molecular complexity index is 4370. The number of nitrogens with one attached hydrogen (secondary N) is 2. The van der Waals surface area contributed by atoms with Crippen LogP contribution in [-0.2, 0) is 21.7 Å². The van der Waals surface area contributed by atoms with Gasteiger partial charge in [0.1, 0.15) is 0 Å². The quantitative estimate of drug-likeness (QED) is 0.137. The van der Waals surface area contributed by atoms with Crippen LogP contribution in [0.2, 0.25) is 0 Å². The normalized spacial score (nSPS) is 13.4. The Morgan fingerprint density at radius 3 is 1.39 bits per heavy atom. The van der Waals surface area contributed by atoms with Crippen LogP contribution in [0.4, 0.5) is 0 Å². The predicted molar refractivity (Wildman–Crippen MR) is 320 cm³/mol. The van der Waals surface area contributed by atoms with Gasteiger partial charge < -0.3 is 9.97 Å². The van der Waals surface area contributed by atoms with E-state index in [0.29, 0.717) is 0 Å². The van der Waals surface area contributed by atoms with Crippen LogP contribution in [0.3, 0.4) is 0 Å². The molecular weight excluding hydrogens is 897 g/mol. The van der Waals surface area contributed by atoms with Crippen LogP contribution in [0.15, 0.2) is 146 Å². The van der Waals surface area contributed by atoms with E-state index in [1.54, 1.807) is 0 Å². The van der Waals surface area contributed by atoms with Gasteiger partial charge in [0.2, 0.25) is 0 Å². The summed E-state index contributed by atoms with van der Waals surface area (Å²) in [5.41, 5.74) is 19.2. The second-order valence-electron chi connectivity index (χ2n) is 25.3. The summed E-state index contributed by atoms with van der Waals surface area (Å²) in [5.74, 6) is 0. The van der Waals surface area contributed by atoms with Crippen LogP contribution < -0.4 is 0 Å². The van der Waals surface area contributed by atoms with E-state index in [2.05, 4.69) is 251 Å². The van der Waals surface area contributed by atoms with Crippen molar-refractivity contribution < 1.29 is 0 Å². The first-order chi connectivity index (χ1) is 35.2. The average Bonchev–Trinajstić information content (AvgIpc) is 4.23. The standard InChI is InChI=1S/C70H64N4/c1-67(2,3)45-31-43(32-46(36-45)68(4,5)6)61-54-27-25-52(71-54)60(39-17-14-13-15-18-39)53-26-28-56(72-53)62(44-33-47(69(7,8)9)37-48(34-44)70(10,11)12)58-38-51-50-35-42-20-16-19-40-21-22-41-23-24-49(64(50)63(41)59(40)42)65(66(51)74-58)57-30-29-55(61)73-57/h13-38,72-73H,1-12H3. The number of rotatable bonds is 3. The third kappa shape index (κ3) is 7.31. The van der Waals surface area contributed by atoms with Crippen molar-refractivity contribution >= 4 is 99.1 Å². The summed E-state index contributed by atoms with van der Waals surface area (Å²) in [6, 6.07) is 55.1. The van der Waals surface area contributed by atoms with Crippen LogP contribution in [0.25, 0.3) is 132 Å². The molecule has 8 aromatic carbocycles. The van der Waals surface area contributed by atoms with E-state index in [-0.39, 0.29) is 21.7 Å². The van der Waals surface area contributed by atoms with Crippen LogP contribution in [-0.4, -0.2) is 19.9 Å². The smallest absolute Gasteiger partial charge is 0.0816 e. The van der Waals surface area contributed by atoms with Crippen LogP contribution in [0, 0.1) is 0 Å². The number of fused-ring (bicyclic) bond motifs is 10. The minimum Gasteiger partial charge on any atom is -0.354 e. The highest BCUT2D eigenvalue weighted by molar-refractivity contribution is 6.40. The Hall–Kier alpha value is -7.82. The number of hydrogen-bond donors (Lipinski definition) is 2. The zero-order chi connectivity index (χ0) is 51.4. The SMILES string of the molecule is CC(C)(C)c1cc(-c2c3nc(c(-c4ccccc4)c4ccc([nH]4)c(-c4cc(C(C)(C)C)cc(C(C)(C)C)c4)c4cc5c6cc7cccc8ccc9ccc(c(c%10ccc2[nH]%10)c5n4)c6c9c87)C=C3)cc(C(C)(C)C)c1. The van der Waals surface area contributed by atoms with Gasteiger partial charge in [0.05, 0.1) is 22.4 Å². The molecular formula is C70H64N4. The molecule has 13 rings (SSSR count). The molecule has 0 spiro atoms. The van der Waals surface area contributed by atoms with Crippen molar-refractivity contribution in [3.63, 3.8) is 0 Å². The minimum atomic E-state index is -0.0945. The zero-order valence-corrected chi connectivity index (χ0v) is 44.9. The van der Waals surface area contributed by atoms with Crippen LogP contribution in [0.1, 0.15) is 117 Å². The molecule has 0 saturated heterocycles. The Morgan fingerprint density at radius 1 is 0.324 bits per heavy atom. The molecule has 364 valence electrons. The summed E-state index contributed by atoms with van der Waals surface area (Å²) in [6.45, 7) is 27.8. The largest absolute Gasteiger partial charge is 0.354 e. The second kappa shape index (κ2) is 15.8. The molecule has 0 radical (unpaired) electrons.